The van der Waals surface area contributed by atoms with Crippen molar-refractivity contribution in [2.75, 3.05) is 26.2 Å². The summed E-state index contributed by atoms with van der Waals surface area (Å²) in [5.74, 6) is 0.188. The molecule has 2 atom stereocenters. The highest BCUT2D eigenvalue weighted by molar-refractivity contribution is 5.79. The van der Waals surface area contributed by atoms with Crippen LogP contribution in [0.15, 0.2) is 30.3 Å². The quantitative estimate of drug-likeness (QED) is 0.907. The van der Waals surface area contributed by atoms with Gasteiger partial charge in [0.1, 0.15) is 6.61 Å². The van der Waals surface area contributed by atoms with E-state index in [0.717, 1.165) is 5.56 Å². The summed E-state index contributed by atoms with van der Waals surface area (Å²) < 4.78 is 5.35. The van der Waals surface area contributed by atoms with Crippen molar-refractivity contribution in [1.82, 2.24) is 9.80 Å². The molecule has 0 radical (unpaired) electrons. The predicted molar refractivity (Wildman–Crippen MR) is 92.7 cm³/mol. The molecule has 0 saturated carbocycles. The molecular weight excluding hydrogens is 320 g/mol. The van der Waals surface area contributed by atoms with Crippen LogP contribution >= 0.6 is 0 Å². The Morgan fingerprint density at radius 2 is 1.80 bits per heavy atom. The fourth-order valence-corrected chi connectivity index (χ4v) is 3.51. The van der Waals surface area contributed by atoms with Crippen molar-refractivity contribution < 1.29 is 19.4 Å². The van der Waals surface area contributed by atoms with Crippen molar-refractivity contribution in [1.29, 1.82) is 0 Å². The van der Waals surface area contributed by atoms with Gasteiger partial charge in [-0.2, -0.15) is 0 Å². The number of aliphatic hydroxyl groups is 1. The average molecular weight is 346 g/mol. The van der Waals surface area contributed by atoms with Gasteiger partial charge < -0.3 is 19.6 Å². The molecule has 1 aromatic carbocycles. The summed E-state index contributed by atoms with van der Waals surface area (Å²) in [6, 6.07) is 9.59. The smallest absolute Gasteiger partial charge is 0.410 e. The maximum atomic E-state index is 12.6. The van der Waals surface area contributed by atoms with Crippen molar-refractivity contribution in [3.63, 3.8) is 0 Å². The molecule has 2 unspecified atom stereocenters. The summed E-state index contributed by atoms with van der Waals surface area (Å²) in [5, 5.41) is 9.82. The summed E-state index contributed by atoms with van der Waals surface area (Å²) in [6.45, 7) is 4.36. The summed E-state index contributed by atoms with van der Waals surface area (Å²) in [6.07, 6.45) is 0.567. The zero-order chi connectivity index (χ0) is 17.8. The van der Waals surface area contributed by atoms with Gasteiger partial charge in [-0.1, -0.05) is 37.3 Å². The Morgan fingerprint density at radius 1 is 1.12 bits per heavy atom. The third-order valence-electron chi connectivity index (χ3n) is 5.19. The van der Waals surface area contributed by atoms with E-state index in [-0.39, 0.29) is 30.4 Å². The van der Waals surface area contributed by atoms with Gasteiger partial charge in [-0.3, -0.25) is 4.79 Å². The molecule has 25 heavy (non-hydrogen) atoms. The number of aliphatic hydroxyl groups excluding tert-OH is 1. The lowest BCUT2D eigenvalue weighted by molar-refractivity contribution is -0.136. The van der Waals surface area contributed by atoms with Crippen LogP contribution in [0.3, 0.4) is 0 Å². The SMILES string of the molecule is CC1CN(C(=O)C2CCN(C(=O)OCc3ccccc3)CC2)CC1O. The van der Waals surface area contributed by atoms with E-state index in [0.29, 0.717) is 39.0 Å². The highest BCUT2D eigenvalue weighted by Gasteiger charge is 2.36. The van der Waals surface area contributed by atoms with Crippen LogP contribution in [0.4, 0.5) is 4.79 Å². The topological polar surface area (TPSA) is 70.1 Å². The van der Waals surface area contributed by atoms with Gasteiger partial charge in [0.15, 0.2) is 0 Å². The van der Waals surface area contributed by atoms with E-state index in [2.05, 4.69) is 0 Å². The van der Waals surface area contributed by atoms with Gasteiger partial charge in [0, 0.05) is 38.0 Å². The van der Waals surface area contributed by atoms with E-state index in [4.69, 9.17) is 4.74 Å². The van der Waals surface area contributed by atoms with Crippen LogP contribution in [-0.4, -0.2) is 59.2 Å². The standard InChI is InChI=1S/C19H26N2O4/c1-14-11-21(12-17(14)22)18(23)16-7-9-20(10-8-16)19(24)25-13-15-5-3-2-4-6-15/h2-6,14,16-17,22H,7-13H2,1H3. The number of piperidine rings is 1. The van der Waals surface area contributed by atoms with Crippen molar-refractivity contribution in [3.05, 3.63) is 35.9 Å². The van der Waals surface area contributed by atoms with E-state index in [1.165, 1.54) is 0 Å². The molecule has 2 heterocycles. The van der Waals surface area contributed by atoms with Crippen LogP contribution in [-0.2, 0) is 16.1 Å². The number of ether oxygens (including phenoxy) is 1. The number of benzene rings is 1. The Labute approximate surface area is 148 Å². The number of hydrogen-bond donors (Lipinski definition) is 1. The Morgan fingerprint density at radius 3 is 2.40 bits per heavy atom. The van der Waals surface area contributed by atoms with Crippen molar-refractivity contribution in [2.24, 2.45) is 11.8 Å². The second-order valence-electron chi connectivity index (χ2n) is 7.09. The van der Waals surface area contributed by atoms with Gasteiger partial charge in [-0.25, -0.2) is 4.79 Å². The molecule has 0 spiro atoms. The van der Waals surface area contributed by atoms with Crippen molar-refractivity contribution in [3.8, 4) is 0 Å². The van der Waals surface area contributed by atoms with Crippen LogP contribution in [0.25, 0.3) is 0 Å². The minimum absolute atomic E-state index is 0.0596. The Kier molecular flexibility index (Phi) is 5.58. The second kappa shape index (κ2) is 7.87. The molecule has 3 rings (SSSR count). The molecule has 1 aromatic rings. The molecule has 0 aromatic heterocycles. The molecule has 136 valence electrons. The lowest BCUT2D eigenvalue weighted by atomic mass is 9.95. The number of likely N-dealkylation sites (tertiary alicyclic amines) is 2. The van der Waals surface area contributed by atoms with E-state index >= 15 is 0 Å². The van der Waals surface area contributed by atoms with Gasteiger partial charge in [-0.05, 0) is 18.4 Å². The normalized spacial score (nSPS) is 24.4. The molecule has 6 nitrogen and oxygen atoms in total. The lowest BCUT2D eigenvalue weighted by Crippen LogP contribution is -2.44. The van der Waals surface area contributed by atoms with Crippen LogP contribution in [0.1, 0.15) is 25.3 Å². The molecule has 2 fully saturated rings. The molecule has 2 aliphatic rings. The first-order valence-electron chi connectivity index (χ1n) is 8.97. The highest BCUT2D eigenvalue weighted by atomic mass is 16.6. The molecule has 0 aliphatic carbocycles. The molecule has 2 amide bonds. The predicted octanol–water partition coefficient (Wildman–Crippen LogP) is 1.87. The second-order valence-corrected chi connectivity index (χ2v) is 7.09. The summed E-state index contributed by atoms with van der Waals surface area (Å²) in [5.41, 5.74) is 0.961. The zero-order valence-corrected chi connectivity index (χ0v) is 14.6. The molecule has 2 aliphatic heterocycles. The number of hydrogen-bond acceptors (Lipinski definition) is 4. The Balaban J connectivity index is 1.43. The van der Waals surface area contributed by atoms with Gasteiger partial charge in [0.25, 0.3) is 0 Å². The fourth-order valence-electron chi connectivity index (χ4n) is 3.51. The lowest BCUT2D eigenvalue weighted by Gasteiger charge is -2.32. The Hall–Kier alpha value is -2.08. The molecule has 2 saturated heterocycles. The van der Waals surface area contributed by atoms with Crippen LogP contribution in [0.5, 0.6) is 0 Å². The minimum atomic E-state index is -0.419. The summed E-state index contributed by atoms with van der Waals surface area (Å²) in [4.78, 5) is 28.2. The maximum Gasteiger partial charge on any atom is 0.410 e. The third-order valence-corrected chi connectivity index (χ3v) is 5.19. The van der Waals surface area contributed by atoms with E-state index in [1.807, 2.05) is 37.3 Å². The van der Waals surface area contributed by atoms with Crippen LogP contribution < -0.4 is 0 Å². The molecular formula is C19H26N2O4. The van der Waals surface area contributed by atoms with Crippen LogP contribution in [0.2, 0.25) is 0 Å². The number of amides is 2. The van der Waals surface area contributed by atoms with Gasteiger partial charge >= 0.3 is 6.09 Å². The summed E-state index contributed by atoms with van der Waals surface area (Å²) in [7, 11) is 0. The minimum Gasteiger partial charge on any atom is -0.445 e. The third kappa shape index (κ3) is 4.31. The Bertz CT molecular complexity index is 589. The van der Waals surface area contributed by atoms with E-state index in [9.17, 15) is 14.7 Å². The number of carbonyl (C=O) groups is 2. The first-order valence-corrected chi connectivity index (χ1v) is 8.97. The number of nitrogens with zero attached hydrogens (tertiary/aromatic N) is 2. The summed E-state index contributed by atoms with van der Waals surface area (Å²) >= 11 is 0. The first kappa shape index (κ1) is 17.7. The largest absolute Gasteiger partial charge is 0.445 e. The zero-order valence-electron chi connectivity index (χ0n) is 14.6. The van der Waals surface area contributed by atoms with Crippen molar-refractivity contribution >= 4 is 12.0 Å². The van der Waals surface area contributed by atoms with E-state index < -0.39 is 6.10 Å². The monoisotopic (exact) mass is 346 g/mol. The average Bonchev–Trinajstić information content (AvgIpc) is 2.99. The maximum absolute atomic E-state index is 12.6. The molecule has 6 heteroatoms. The van der Waals surface area contributed by atoms with Crippen molar-refractivity contribution in [2.45, 2.75) is 32.5 Å². The van der Waals surface area contributed by atoms with Gasteiger partial charge in [0.05, 0.1) is 6.10 Å². The van der Waals surface area contributed by atoms with Gasteiger partial charge in [0.2, 0.25) is 5.91 Å². The fraction of sp³-hybridized carbons (Fsp3) is 0.579. The first-order chi connectivity index (χ1) is 12.0. The van der Waals surface area contributed by atoms with E-state index in [1.54, 1.807) is 9.80 Å². The van der Waals surface area contributed by atoms with Crippen LogP contribution in [0, 0.1) is 11.8 Å². The molecule has 0 bridgehead atoms. The highest BCUT2D eigenvalue weighted by Crippen LogP contribution is 2.24. The van der Waals surface area contributed by atoms with Gasteiger partial charge in [-0.15, -0.1) is 0 Å². The number of rotatable bonds is 3. The number of β-amino-alcohol motifs (C(OH)–C–C–N with tert-alkyl or cyclic N) is 1. The number of carbonyl (C=O) groups excluding carboxylic acids is 2. The molecule has 1 N–H and O–H groups in total.